The van der Waals surface area contributed by atoms with E-state index in [1.54, 1.807) is 24.3 Å². The molecule has 0 aliphatic carbocycles. The number of urea groups is 1. The standard InChI is InChI=1S/C9H12N2O.2ClH/c1-11(2)9(12)10-8-6-4-3-5-7-8;;/h3-7H,1-2H3,(H,10,12);2*1H/p-1. The maximum atomic E-state index is 11.2. The third-order valence-electron chi connectivity index (χ3n) is 1.53. The molecule has 0 spiro atoms. The van der Waals surface area contributed by atoms with E-state index in [1.165, 1.54) is 0 Å². The van der Waals surface area contributed by atoms with Crippen molar-refractivity contribution in [2.24, 2.45) is 0 Å². The molecule has 0 saturated heterocycles. The highest BCUT2D eigenvalue weighted by molar-refractivity contribution is 5.65. The first-order valence-electron chi connectivity index (χ1n) is 3.81. The van der Waals surface area contributed by atoms with Crippen molar-refractivity contribution in [3.63, 3.8) is 0 Å². The van der Waals surface area contributed by atoms with Crippen LogP contribution in [0.3, 0.4) is 0 Å². The molecular formula is C9H13Cl2N2O-. The summed E-state index contributed by atoms with van der Waals surface area (Å²) in [5.74, 6) is 0. The molecule has 0 atom stereocenters. The molecule has 0 unspecified atom stereocenters. The maximum absolute atomic E-state index is 11.2. The minimum Gasteiger partial charge on any atom is -1.00 e. The fraction of sp³-hybridized carbons (Fsp3) is 0.222. The molecule has 3 nitrogen and oxygen atoms in total. The number of quaternary nitrogens is 1. The number of amides is 2. The smallest absolute Gasteiger partial charge is 0.420 e. The van der Waals surface area contributed by atoms with Gasteiger partial charge in [0.05, 0.1) is 0 Å². The van der Waals surface area contributed by atoms with Crippen molar-refractivity contribution in [3.8, 4) is 0 Å². The Morgan fingerprint density at radius 1 is 1.14 bits per heavy atom. The van der Waals surface area contributed by atoms with Crippen molar-refractivity contribution in [1.29, 1.82) is 0 Å². The average Bonchev–Trinajstić information content (AvgIpc) is 2.06. The van der Waals surface area contributed by atoms with E-state index in [0.717, 1.165) is 5.69 Å². The first kappa shape index (κ1) is 15.7. The van der Waals surface area contributed by atoms with Gasteiger partial charge < -0.3 is 24.8 Å². The Kier molecular flexibility index (Phi) is 8.54. The molecule has 0 bridgehead atoms. The number of halogens is 2. The number of hydrogen-bond acceptors (Lipinski definition) is 1. The van der Waals surface area contributed by atoms with Gasteiger partial charge in [0.15, 0.2) is 0 Å². The van der Waals surface area contributed by atoms with Crippen molar-refractivity contribution < 1.29 is 34.9 Å². The first-order valence-corrected chi connectivity index (χ1v) is 3.81. The van der Waals surface area contributed by atoms with Crippen LogP contribution in [0, 0.1) is 0 Å². The van der Waals surface area contributed by atoms with Crippen LogP contribution in [-0.4, -0.2) is 25.0 Å². The van der Waals surface area contributed by atoms with Gasteiger partial charge in [0, 0.05) is 14.1 Å². The van der Waals surface area contributed by atoms with Gasteiger partial charge in [0.2, 0.25) is 0 Å². The third kappa shape index (κ3) is 5.07. The summed E-state index contributed by atoms with van der Waals surface area (Å²) in [7, 11) is 3.48. The van der Waals surface area contributed by atoms with E-state index >= 15 is 0 Å². The Morgan fingerprint density at radius 3 is 2.07 bits per heavy atom. The fourth-order valence-corrected chi connectivity index (χ4v) is 0.821. The summed E-state index contributed by atoms with van der Waals surface area (Å²) in [5.41, 5.74) is 0.941. The zero-order chi connectivity index (χ0) is 8.97. The highest BCUT2D eigenvalue weighted by Gasteiger charge is 2.08. The molecule has 1 aromatic carbocycles. The van der Waals surface area contributed by atoms with E-state index in [0.29, 0.717) is 0 Å². The number of nitrogens with zero attached hydrogens (tertiary/aromatic N) is 1. The zero-order valence-electron chi connectivity index (χ0n) is 8.08. The Morgan fingerprint density at radius 2 is 1.64 bits per heavy atom. The quantitative estimate of drug-likeness (QED) is 0.485. The molecule has 0 aliphatic rings. The van der Waals surface area contributed by atoms with Crippen molar-refractivity contribution in [2.75, 3.05) is 14.1 Å². The van der Waals surface area contributed by atoms with Gasteiger partial charge in [-0.2, -0.15) is 0 Å². The molecule has 1 rings (SSSR count). The number of carbonyl (C=O) groups excluding carboxylic acids is 1. The molecule has 0 radical (unpaired) electrons. The Balaban J connectivity index is 0. The number of primary amides is 1. The minimum absolute atomic E-state index is 0. The van der Waals surface area contributed by atoms with Gasteiger partial charge in [0.25, 0.3) is 0 Å². The average molecular weight is 236 g/mol. The second-order valence-electron chi connectivity index (χ2n) is 2.79. The lowest BCUT2D eigenvalue weighted by molar-refractivity contribution is -0.471. The second kappa shape index (κ2) is 7.62. The largest absolute Gasteiger partial charge is 1.00 e. The maximum Gasteiger partial charge on any atom is 0.420 e. The Hall–Kier alpha value is -0.770. The van der Waals surface area contributed by atoms with Crippen molar-refractivity contribution in [1.82, 2.24) is 4.90 Å². The summed E-state index contributed by atoms with van der Waals surface area (Å²) in [5, 5.41) is 1.61. The summed E-state index contributed by atoms with van der Waals surface area (Å²) in [6.07, 6.45) is 0. The third-order valence-corrected chi connectivity index (χ3v) is 1.53. The summed E-state index contributed by atoms with van der Waals surface area (Å²) in [6.45, 7) is 0. The van der Waals surface area contributed by atoms with Gasteiger partial charge in [-0.1, -0.05) is 18.2 Å². The molecule has 80 valence electrons. The van der Waals surface area contributed by atoms with Gasteiger partial charge in [0.1, 0.15) is 5.69 Å². The first-order chi connectivity index (χ1) is 5.70. The number of hydrogen-bond donors (Lipinski definition) is 1. The summed E-state index contributed by atoms with van der Waals surface area (Å²) >= 11 is 0. The fourth-order valence-electron chi connectivity index (χ4n) is 0.821. The molecule has 0 heterocycles. The van der Waals surface area contributed by atoms with E-state index in [-0.39, 0.29) is 30.8 Å². The van der Waals surface area contributed by atoms with Crippen LogP contribution in [0.15, 0.2) is 30.3 Å². The van der Waals surface area contributed by atoms with Crippen molar-refractivity contribution >= 4 is 11.7 Å². The summed E-state index contributed by atoms with van der Waals surface area (Å²) < 4.78 is 0. The number of carbonyl (C=O) groups is 1. The molecule has 1 aromatic rings. The minimum atomic E-state index is 0. The molecule has 2 amide bonds. The van der Waals surface area contributed by atoms with Crippen LogP contribution >= 0.6 is 0 Å². The molecule has 0 aromatic heterocycles. The molecule has 0 saturated carbocycles. The lowest BCUT2D eigenvalue weighted by Gasteiger charge is -2.05. The summed E-state index contributed by atoms with van der Waals surface area (Å²) in [6, 6.07) is 9.57. The highest BCUT2D eigenvalue weighted by Crippen LogP contribution is 1.95. The lowest BCUT2D eigenvalue weighted by Crippen LogP contribution is -3.00. The second-order valence-corrected chi connectivity index (χ2v) is 2.79. The topological polar surface area (TPSA) is 36.9 Å². The van der Waals surface area contributed by atoms with Crippen LogP contribution in [-0.2, 0) is 0 Å². The van der Waals surface area contributed by atoms with Crippen LogP contribution < -0.4 is 30.1 Å². The van der Waals surface area contributed by atoms with Gasteiger partial charge >= 0.3 is 6.03 Å². The Bertz CT molecular complexity index is 265. The number of para-hydroxylation sites is 1. The predicted octanol–water partition coefficient (Wildman–Crippen LogP) is -5.43. The van der Waals surface area contributed by atoms with Crippen LogP contribution in [0.2, 0.25) is 0 Å². The molecule has 0 aliphatic heterocycles. The Labute approximate surface area is 96.3 Å². The SMILES string of the molecule is CN(C)C(=O)[NH2+]c1ccccc1.[Cl-].[Cl-]. The van der Waals surface area contributed by atoms with Crippen LogP contribution in [0.5, 0.6) is 0 Å². The lowest BCUT2D eigenvalue weighted by atomic mass is 10.3. The van der Waals surface area contributed by atoms with E-state index in [2.05, 4.69) is 0 Å². The number of rotatable bonds is 1. The van der Waals surface area contributed by atoms with Gasteiger partial charge in [-0.15, -0.1) is 0 Å². The molecular weight excluding hydrogens is 223 g/mol. The highest BCUT2D eigenvalue weighted by atomic mass is 35.5. The normalized spacial score (nSPS) is 8.14. The monoisotopic (exact) mass is 235 g/mol. The van der Waals surface area contributed by atoms with E-state index in [4.69, 9.17) is 0 Å². The molecule has 0 fully saturated rings. The van der Waals surface area contributed by atoms with Crippen molar-refractivity contribution in [2.45, 2.75) is 0 Å². The van der Waals surface area contributed by atoms with Crippen molar-refractivity contribution in [3.05, 3.63) is 30.3 Å². The number of benzene rings is 1. The molecule has 2 N–H and O–H groups in total. The van der Waals surface area contributed by atoms with Crippen LogP contribution in [0.1, 0.15) is 0 Å². The van der Waals surface area contributed by atoms with Crippen LogP contribution in [0.25, 0.3) is 0 Å². The number of nitrogens with two attached hydrogens (primary N) is 1. The van der Waals surface area contributed by atoms with E-state index in [9.17, 15) is 4.79 Å². The van der Waals surface area contributed by atoms with E-state index < -0.39 is 0 Å². The van der Waals surface area contributed by atoms with Gasteiger partial charge in [-0.25, -0.2) is 10.1 Å². The van der Waals surface area contributed by atoms with Gasteiger partial charge in [-0.05, 0) is 12.1 Å². The zero-order valence-corrected chi connectivity index (χ0v) is 9.59. The van der Waals surface area contributed by atoms with Gasteiger partial charge in [-0.3, -0.25) is 4.90 Å². The van der Waals surface area contributed by atoms with E-state index in [1.807, 2.05) is 30.3 Å². The summed E-state index contributed by atoms with van der Waals surface area (Å²) in [4.78, 5) is 12.7. The molecule has 14 heavy (non-hydrogen) atoms. The van der Waals surface area contributed by atoms with Crippen LogP contribution in [0.4, 0.5) is 10.5 Å². The molecule has 5 heteroatoms. The predicted molar refractivity (Wildman–Crippen MR) is 47.1 cm³/mol.